The van der Waals surface area contributed by atoms with Crippen LogP contribution in [-0.2, 0) is 32.5 Å². The number of phosphoric acid groups is 2. The van der Waals surface area contributed by atoms with Gasteiger partial charge in [0.15, 0.2) is 12.2 Å². The number of nitrogens with two attached hydrogens (primary N) is 1. The number of hydrogen-bond acceptors (Lipinski definition) is 9. The van der Waals surface area contributed by atoms with Gasteiger partial charge in [-0.3, -0.25) is 9.11 Å². The molecule has 22 heteroatoms. The van der Waals surface area contributed by atoms with Gasteiger partial charge in [-0.25, -0.2) is 19.1 Å². The van der Waals surface area contributed by atoms with Crippen molar-refractivity contribution >= 4 is 55.6 Å². The SMILES string of the molecule is Cc1ncc(C[n+]2csc(CCO)c2C)c(N)n1.Cl.O=P(O)(O)O.O=P(O)(O)O.O=S(=O)(O)O. The van der Waals surface area contributed by atoms with Gasteiger partial charge < -0.3 is 40.2 Å². The monoisotopic (exact) mass is 595 g/mol. The molecule has 0 aromatic carbocycles. The number of nitrogen functional groups attached to an aromatic ring is 1. The molecule has 2 aromatic rings. The number of halogens is 1. The van der Waals surface area contributed by atoms with E-state index in [0.29, 0.717) is 24.6 Å². The Morgan fingerprint density at radius 3 is 1.82 bits per heavy atom. The Morgan fingerprint density at radius 1 is 1.06 bits per heavy atom. The highest BCUT2D eigenvalue weighted by Gasteiger charge is 2.17. The molecule has 200 valence electrons. The maximum Gasteiger partial charge on any atom is 0.466 e. The summed E-state index contributed by atoms with van der Waals surface area (Å²) in [5.74, 6) is 1.22. The summed E-state index contributed by atoms with van der Waals surface area (Å²) in [5.41, 5.74) is 10.0. The van der Waals surface area contributed by atoms with Crippen LogP contribution in [0.4, 0.5) is 5.82 Å². The predicted molar refractivity (Wildman–Crippen MR) is 120 cm³/mol. The third-order valence-corrected chi connectivity index (χ3v) is 4.00. The zero-order valence-corrected chi connectivity index (χ0v) is 21.7. The lowest BCUT2D eigenvalue weighted by molar-refractivity contribution is -0.689. The highest BCUT2D eigenvalue weighted by atomic mass is 35.5. The van der Waals surface area contributed by atoms with E-state index >= 15 is 0 Å². The van der Waals surface area contributed by atoms with Crippen molar-refractivity contribution in [1.82, 2.24) is 9.97 Å². The molecule has 0 amide bonds. The molecule has 0 bridgehead atoms. The van der Waals surface area contributed by atoms with E-state index in [1.54, 1.807) is 17.5 Å². The summed E-state index contributed by atoms with van der Waals surface area (Å²) in [4.78, 5) is 52.7. The van der Waals surface area contributed by atoms with Crippen LogP contribution in [0.5, 0.6) is 0 Å². The summed E-state index contributed by atoms with van der Waals surface area (Å²) in [6, 6.07) is 0. The van der Waals surface area contributed by atoms with Gasteiger partial charge in [0.1, 0.15) is 11.6 Å². The van der Waals surface area contributed by atoms with Gasteiger partial charge in [0, 0.05) is 26.1 Å². The summed E-state index contributed by atoms with van der Waals surface area (Å²) in [5, 5.41) is 8.98. The van der Waals surface area contributed by atoms with Gasteiger partial charge in [0.05, 0.1) is 10.4 Å². The number of rotatable bonds is 4. The van der Waals surface area contributed by atoms with Crippen LogP contribution >= 0.6 is 39.4 Å². The van der Waals surface area contributed by atoms with Crippen molar-refractivity contribution in [2.24, 2.45) is 0 Å². The van der Waals surface area contributed by atoms with Crippen LogP contribution in [0.25, 0.3) is 0 Å². The van der Waals surface area contributed by atoms with Crippen LogP contribution in [0.15, 0.2) is 11.7 Å². The molecule has 0 fully saturated rings. The minimum atomic E-state index is -4.67. The van der Waals surface area contributed by atoms with Crippen molar-refractivity contribution in [1.29, 1.82) is 0 Å². The quantitative estimate of drug-likeness (QED) is 0.109. The van der Waals surface area contributed by atoms with Crippen LogP contribution < -0.4 is 10.3 Å². The van der Waals surface area contributed by atoms with E-state index in [-0.39, 0.29) is 19.0 Å². The van der Waals surface area contributed by atoms with Gasteiger partial charge in [0.25, 0.3) is 0 Å². The van der Waals surface area contributed by atoms with Crippen LogP contribution in [0, 0.1) is 13.8 Å². The van der Waals surface area contributed by atoms with E-state index < -0.39 is 26.0 Å². The lowest BCUT2D eigenvalue weighted by Crippen LogP contribution is -2.35. The van der Waals surface area contributed by atoms with E-state index in [2.05, 4.69) is 14.5 Å². The highest BCUT2D eigenvalue weighted by molar-refractivity contribution is 7.79. The number of anilines is 1. The second-order valence-electron chi connectivity index (χ2n) is 5.64. The Hall–Kier alpha value is -1.15. The fourth-order valence-electron chi connectivity index (χ4n) is 1.77. The first-order valence-electron chi connectivity index (χ1n) is 8.03. The molecule has 2 heterocycles. The normalized spacial score (nSPS) is 10.9. The van der Waals surface area contributed by atoms with Crippen molar-refractivity contribution < 1.29 is 65.7 Å². The zero-order valence-electron chi connectivity index (χ0n) is 17.5. The Labute approximate surface area is 204 Å². The third kappa shape index (κ3) is 27.1. The van der Waals surface area contributed by atoms with Crippen LogP contribution in [-0.4, -0.2) is 68.6 Å². The molecule has 0 unspecified atom stereocenters. The lowest BCUT2D eigenvalue weighted by Gasteiger charge is -2.01. The van der Waals surface area contributed by atoms with Gasteiger partial charge in [-0.05, 0) is 6.92 Å². The maximum atomic E-state index is 8.98. The first-order chi connectivity index (χ1) is 14.6. The molecular formula is C12H26ClN4O13P2S2+. The molecule has 2 aromatic heterocycles. The molecule has 0 saturated carbocycles. The summed E-state index contributed by atoms with van der Waals surface area (Å²) in [7, 11) is -13.9. The Kier molecular flexibility index (Phi) is 18.2. The summed E-state index contributed by atoms with van der Waals surface area (Å²) in [6.45, 7) is 4.71. The van der Waals surface area contributed by atoms with E-state index in [1.165, 1.54) is 4.88 Å². The van der Waals surface area contributed by atoms with Gasteiger partial charge in [-0.2, -0.15) is 13.0 Å². The molecule has 34 heavy (non-hydrogen) atoms. The van der Waals surface area contributed by atoms with Gasteiger partial charge in [-0.1, -0.05) is 11.3 Å². The van der Waals surface area contributed by atoms with Crippen molar-refractivity contribution in [3.05, 3.63) is 33.7 Å². The number of thiazole rings is 1. The first-order valence-corrected chi connectivity index (χ1v) is 13.4. The van der Waals surface area contributed by atoms with Gasteiger partial charge in [0.2, 0.25) is 5.51 Å². The van der Waals surface area contributed by atoms with Crippen molar-refractivity contribution in [2.45, 2.75) is 26.8 Å². The molecule has 0 aliphatic heterocycles. The van der Waals surface area contributed by atoms with Crippen molar-refractivity contribution in [3.8, 4) is 0 Å². The number of aliphatic hydroxyl groups is 1. The molecule has 0 saturated heterocycles. The van der Waals surface area contributed by atoms with Crippen LogP contribution in [0.3, 0.4) is 0 Å². The standard InChI is InChI=1S/C12H17N4OS.ClH.2H3O4P.H2O4S/c1-8-11(3-4-17)18-7-16(8)6-10-5-14-9(2)15-12(10)13;;3*1-5(2,3)4/h5,7,17H,3-4,6H2,1-2H3,(H2,13,14,15);1H;2*(H3,1,2,3,4);(H2,1,2,3,4)/q+1;;;;. The van der Waals surface area contributed by atoms with Gasteiger partial charge >= 0.3 is 26.0 Å². The highest BCUT2D eigenvalue weighted by Crippen LogP contribution is 2.26. The predicted octanol–water partition coefficient (Wildman–Crippen LogP) is -1.48. The average molecular weight is 596 g/mol. The number of nitrogens with zero attached hydrogens (tertiary/aromatic N) is 3. The fraction of sp³-hybridized carbons (Fsp3) is 0.417. The maximum absolute atomic E-state index is 8.98. The van der Waals surface area contributed by atoms with E-state index in [4.69, 9.17) is 66.9 Å². The fourth-order valence-corrected chi connectivity index (χ4v) is 2.75. The molecule has 17 nitrogen and oxygen atoms in total. The minimum Gasteiger partial charge on any atom is -0.396 e. The smallest absolute Gasteiger partial charge is 0.396 e. The van der Waals surface area contributed by atoms with E-state index in [9.17, 15) is 0 Å². The van der Waals surface area contributed by atoms with Crippen LogP contribution in [0.1, 0.15) is 22.0 Å². The van der Waals surface area contributed by atoms with Crippen LogP contribution in [0.2, 0.25) is 0 Å². The Bertz CT molecular complexity index is 1030. The average Bonchev–Trinajstić information content (AvgIpc) is 2.86. The Balaban J connectivity index is -0.000000496. The number of aliphatic hydroxyl groups excluding tert-OH is 1. The van der Waals surface area contributed by atoms with Gasteiger partial charge in [-0.15, -0.1) is 12.4 Å². The van der Waals surface area contributed by atoms with Crippen molar-refractivity contribution in [2.75, 3.05) is 12.3 Å². The first kappa shape index (κ1) is 37.4. The second kappa shape index (κ2) is 16.5. The minimum absolute atomic E-state index is 0. The van der Waals surface area contributed by atoms with Crippen molar-refractivity contribution in [3.63, 3.8) is 0 Å². The topological polar surface area (TPSA) is 306 Å². The van der Waals surface area contributed by atoms with E-state index in [1.807, 2.05) is 19.4 Å². The third-order valence-electron chi connectivity index (χ3n) is 2.85. The largest absolute Gasteiger partial charge is 0.466 e. The molecule has 2 rings (SSSR count). The number of aryl methyl sites for hydroxylation is 1. The summed E-state index contributed by atoms with van der Waals surface area (Å²) >= 11 is 1.65. The molecule has 0 radical (unpaired) electrons. The lowest BCUT2D eigenvalue weighted by atomic mass is 10.2. The molecule has 0 atom stereocenters. The molecule has 0 spiro atoms. The molecule has 0 aliphatic rings. The zero-order chi connectivity index (χ0) is 26.6. The molecule has 0 aliphatic carbocycles. The Morgan fingerprint density at radius 2 is 1.47 bits per heavy atom. The summed E-state index contributed by atoms with van der Waals surface area (Å²) in [6.07, 6.45) is 2.47. The molecule has 11 N–H and O–H groups in total. The summed E-state index contributed by atoms with van der Waals surface area (Å²) < 4.78 is 51.5. The van der Waals surface area contributed by atoms with E-state index in [0.717, 1.165) is 11.3 Å². The number of aromatic nitrogens is 3. The second-order valence-corrected chi connectivity index (χ2v) is 9.52. The number of hydrogen-bond donors (Lipinski definition) is 10. The molecular weight excluding hydrogens is 570 g/mol.